The van der Waals surface area contributed by atoms with Gasteiger partial charge in [0, 0.05) is 22.9 Å². The molecule has 1 aliphatic rings. The highest BCUT2D eigenvalue weighted by molar-refractivity contribution is 7.80. The Morgan fingerprint density at radius 1 is 1.40 bits per heavy atom. The van der Waals surface area contributed by atoms with E-state index in [4.69, 9.17) is 17.5 Å². The van der Waals surface area contributed by atoms with Crippen molar-refractivity contribution in [2.45, 2.75) is 32.4 Å². The van der Waals surface area contributed by atoms with Gasteiger partial charge in [-0.25, -0.2) is 0 Å². The fourth-order valence-corrected chi connectivity index (χ4v) is 2.09. The van der Waals surface area contributed by atoms with E-state index in [9.17, 15) is 5.11 Å². The van der Waals surface area contributed by atoms with E-state index >= 15 is 0 Å². The van der Waals surface area contributed by atoms with Gasteiger partial charge >= 0.3 is 0 Å². The smallest absolute Gasteiger partial charge is 0.173 e. The summed E-state index contributed by atoms with van der Waals surface area (Å²) in [5.41, 5.74) is 2.33. The average Bonchev–Trinajstić information content (AvgIpc) is 2.37. The first kappa shape index (κ1) is 14.4. The lowest BCUT2D eigenvalue weighted by Gasteiger charge is -2.25. The van der Waals surface area contributed by atoms with Gasteiger partial charge in [0.1, 0.15) is 11.6 Å². The number of aliphatic hydroxyl groups excluding tert-OH is 1. The molecule has 0 radical (unpaired) electrons. The number of nitriles is 1. The first-order chi connectivity index (χ1) is 9.32. The minimum Gasteiger partial charge on any atom is -0.369 e. The number of aliphatic hydroxyl groups is 1. The summed E-state index contributed by atoms with van der Waals surface area (Å²) >= 11 is 5.00. The minimum atomic E-state index is -1.09. The van der Waals surface area contributed by atoms with Gasteiger partial charge in [-0.1, -0.05) is 20.8 Å². The molecule has 5 nitrogen and oxygen atoms in total. The van der Waals surface area contributed by atoms with Crippen LogP contribution in [-0.2, 0) is 5.41 Å². The van der Waals surface area contributed by atoms with Crippen molar-refractivity contribution < 1.29 is 5.11 Å². The highest BCUT2D eigenvalue weighted by Gasteiger charge is 2.24. The molecule has 3 N–H and O–H groups in total. The SMILES string of the molecule is CC(C)(C)c1ccc(C2=C(C#N)C(O)NC(=S)N2)cn1. The molecule has 0 amide bonds. The van der Waals surface area contributed by atoms with Crippen molar-refractivity contribution in [2.24, 2.45) is 0 Å². The lowest BCUT2D eigenvalue weighted by Crippen LogP contribution is -2.47. The molecule has 1 aliphatic heterocycles. The number of nitrogens with one attached hydrogen (secondary N) is 2. The van der Waals surface area contributed by atoms with E-state index in [1.54, 1.807) is 6.20 Å². The molecule has 0 bridgehead atoms. The third kappa shape index (κ3) is 2.79. The molecular weight excluding hydrogens is 272 g/mol. The van der Waals surface area contributed by atoms with Crippen molar-refractivity contribution in [2.75, 3.05) is 0 Å². The predicted molar refractivity (Wildman–Crippen MR) is 80.3 cm³/mol. The van der Waals surface area contributed by atoms with Gasteiger partial charge in [0.25, 0.3) is 0 Å². The molecule has 20 heavy (non-hydrogen) atoms. The van der Waals surface area contributed by atoms with Crippen LogP contribution >= 0.6 is 12.2 Å². The molecule has 0 aromatic carbocycles. The molecule has 1 atom stereocenters. The zero-order valence-corrected chi connectivity index (χ0v) is 12.4. The molecule has 1 aromatic rings. The maximum Gasteiger partial charge on any atom is 0.173 e. The van der Waals surface area contributed by atoms with Crippen molar-refractivity contribution in [3.63, 3.8) is 0 Å². The first-order valence-electron chi connectivity index (χ1n) is 6.19. The molecule has 104 valence electrons. The van der Waals surface area contributed by atoms with Crippen molar-refractivity contribution in [3.8, 4) is 6.07 Å². The molecular formula is C14H16N4OS. The predicted octanol–water partition coefficient (Wildman–Crippen LogP) is 1.41. The molecule has 0 fully saturated rings. The first-order valence-corrected chi connectivity index (χ1v) is 6.60. The van der Waals surface area contributed by atoms with Crippen LogP contribution in [0.25, 0.3) is 5.70 Å². The Balaban J connectivity index is 2.44. The van der Waals surface area contributed by atoms with E-state index in [0.717, 1.165) is 11.3 Å². The van der Waals surface area contributed by atoms with Crippen LogP contribution in [0.15, 0.2) is 23.9 Å². The molecule has 1 aromatic heterocycles. The van der Waals surface area contributed by atoms with Crippen molar-refractivity contribution in [3.05, 3.63) is 35.2 Å². The fourth-order valence-electron chi connectivity index (χ4n) is 1.88. The largest absolute Gasteiger partial charge is 0.369 e. The number of hydrogen-bond donors (Lipinski definition) is 3. The summed E-state index contributed by atoms with van der Waals surface area (Å²) in [5.74, 6) is 0. The lowest BCUT2D eigenvalue weighted by molar-refractivity contribution is 0.199. The van der Waals surface area contributed by atoms with Crippen LogP contribution < -0.4 is 10.6 Å². The summed E-state index contributed by atoms with van der Waals surface area (Å²) < 4.78 is 0. The number of rotatable bonds is 1. The van der Waals surface area contributed by atoms with Crippen molar-refractivity contribution in [1.29, 1.82) is 5.26 Å². The standard InChI is InChI=1S/C14H16N4OS/c1-14(2,3)10-5-4-8(7-16-10)11-9(6-15)12(19)18-13(20)17-11/h4-5,7,12,19H,1-3H3,(H2,17,18,20). The summed E-state index contributed by atoms with van der Waals surface area (Å²) in [6.07, 6.45) is 0.590. The Bertz CT molecular complexity index is 608. The van der Waals surface area contributed by atoms with Crippen molar-refractivity contribution >= 4 is 23.0 Å². The van der Waals surface area contributed by atoms with E-state index in [1.165, 1.54) is 0 Å². The van der Waals surface area contributed by atoms with E-state index in [2.05, 4.69) is 36.4 Å². The summed E-state index contributed by atoms with van der Waals surface area (Å²) in [5, 5.41) is 24.7. The van der Waals surface area contributed by atoms with E-state index < -0.39 is 6.23 Å². The van der Waals surface area contributed by atoms with Gasteiger partial charge in [-0.3, -0.25) is 4.98 Å². The summed E-state index contributed by atoms with van der Waals surface area (Å²) in [4.78, 5) is 4.42. The van der Waals surface area contributed by atoms with Crippen LogP contribution in [0.4, 0.5) is 0 Å². The average molecular weight is 288 g/mol. The second-order valence-corrected chi connectivity index (χ2v) is 5.99. The van der Waals surface area contributed by atoms with Crippen LogP contribution in [0.1, 0.15) is 32.0 Å². The second kappa shape index (κ2) is 5.19. The Kier molecular flexibility index (Phi) is 3.75. The maximum atomic E-state index is 9.82. The topological polar surface area (TPSA) is 81.0 Å². The van der Waals surface area contributed by atoms with Gasteiger partial charge in [-0.15, -0.1) is 0 Å². The lowest BCUT2D eigenvalue weighted by atomic mass is 9.91. The minimum absolute atomic E-state index is 0.0403. The van der Waals surface area contributed by atoms with Crippen LogP contribution in [0, 0.1) is 11.3 Å². The highest BCUT2D eigenvalue weighted by atomic mass is 32.1. The Labute approximate surface area is 123 Å². The van der Waals surface area contributed by atoms with Gasteiger partial charge in [0.15, 0.2) is 11.3 Å². The number of pyridine rings is 1. The Morgan fingerprint density at radius 3 is 2.60 bits per heavy atom. The normalized spacial score (nSPS) is 19.1. The monoisotopic (exact) mass is 288 g/mol. The third-order valence-electron chi connectivity index (χ3n) is 2.99. The summed E-state index contributed by atoms with van der Waals surface area (Å²) in [7, 11) is 0. The number of aromatic nitrogens is 1. The maximum absolute atomic E-state index is 9.82. The molecule has 2 heterocycles. The van der Waals surface area contributed by atoms with Gasteiger partial charge in [0.05, 0.1) is 5.70 Å². The number of hydrogen-bond acceptors (Lipinski definition) is 4. The molecule has 0 spiro atoms. The van der Waals surface area contributed by atoms with Gasteiger partial charge < -0.3 is 15.7 Å². The highest BCUT2D eigenvalue weighted by Crippen LogP contribution is 2.24. The molecule has 2 rings (SSSR count). The summed E-state index contributed by atoms with van der Waals surface area (Å²) in [6, 6.07) is 5.77. The van der Waals surface area contributed by atoms with Gasteiger partial charge in [-0.05, 0) is 24.4 Å². The van der Waals surface area contributed by atoms with Gasteiger partial charge in [0.2, 0.25) is 0 Å². The number of nitrogens with zero attached hydrogens (tertiary/aromatic N) is 2. The van der Waals surface area contributed by atoms with Crippen molar-refractivity contribution in [1.82, 2.24) is 15.6 Å². The fraction of sp³-hybridized carbons (Fsp3) is 0.357. The van der Waals surface area contributed by atoms with Crippen LogP contribution in [0.3, 0.4) is 0 Å². The zero-order chi connectivity index (χ0) is 14.9. The van der Waals surface area contributed by atoms with E-state index in [-0.39, 0.29) is 16.1 Å². The summed E-state index contributed by atoms with van der Waals surface area (Å²) in [6.45, 7) is 6.24. The zero-order valence-electron chi connectivity index (χ0n) is 11.6. The number of thiocarbonyl (C=S) groups is 1. The molecule has 6 heteroatoms. The van der Waals surface area contributed by atoms with Crippen LogP contribution in [0.2, 0.25) is 0 Å². The quantitative estimate of drug-likeness (QED) is 0.678. The van der Waals surface area contributed by atoms with Gasteiger partial charge in [-0.2, -0.15) is 5.26 Å². The molecule has 0 aliphatic carbocycles. The van der Waals surface area contributed by atoms with Crippen LogP contribution in [0.5, 0.6) is 0 Å². The molecule has 0 saturated heterocycles. The Morgan fingerprint density at radius 2 is 2.10 bits per heavy atom. The Hall–Kier alpha value is -1.97. The molecule has 1 unspecified atom stereocenters. The third-order valence-corrected chi connectivity index (χ3v) is 3.21. The molecule has 0 saturated carbocycles. The van der Waals surface area contributed by atoms with E-state index in [0.29, 0.717) is 5.70 Å². The van der Waals surface area contributed by atoms with E-state index in [1.807, 2.05) is 18.2 Å². The van der Waals surface area contributed by atoms with Crippen LogP contribution in [-0.4, -0.2) is 21.4 Å². The second-order valence-electron chi connectivity index (χ2n) is 5.58.